The number of aromatic nitrogens is 1. The monoisotopic (exact) mass is 295 g/mol. The molecule has 19 heavy (non-hydrogen) atoms. The fourth-order valence-corrected chi connectivity index (χ4v) is 2.35. The summed E-state index contributed by atoms with van der Waals surface area (Å²) >= 11 is 12.3. The minimum atomic E-state index is 0.314. The molecule has 0 bridgehead atoms. The second-order valence-corrected chi connectivity index (χ2v) is 5.23. The van der Waals surface area contributed by atoms with Crippen molar-refractivity contribution in [2.45, 2.75) is 13.1 Å². The summed E-state index contributed by atoms with van der Waals surface area (Å²) < 4.78 is 0. The average molecular weight is 296 g/mol. The van der Waals surface area contributed by atoms with Crippen molar-refractivity contribution in [1.29, 1.82) is 0 Å². The molecule has 0 saturated carbocycles. The lowest BCUT2D eigenvalue weighted by atomic mass is 10.2. The molecule has 0 fully saturated rings. The van der Waals surface area contributed by atoms with E-state index < -0.39 is 0 Å². The van der Waals surface area contributed by atoms with E-state index in [1.54, 1.807) is 0 Å². The Kier molecular flexibility index (Phi) is 4.64. The molecule has 0 aliphatic heterocycles. The van der Waals surface area contributed by atoms with Gasteiger partial charge >= 0.3 is 0 Å². The van der Waals surface area contributed by atoms with Gasteiger partial charge in [0.1, 0.15) is 5.82 Å². The Bertz CT molecular complexity index is 558. The summed E-state index contributed by atoms with van der Waals surface area (Å²) in [6.07, 6.45) is 1.54. The Hall–Kier alpha value is -1.29. The van der Waals surface area contributed by atoms with E-state index in [1.807, 2.05) is 25.2 Å². The number of anilines is 1. The Labute approximate surface area is 123 Å². The van der Waals surface area contributed by atoms with Gasteiger partial charge in [-0.2, -0.15) is 0 Å². The summed E-state index contributed by atoms with van der Waals surface area (Å²) in [5.74, 6) is 0.314. The maximum atomic E-state index is 6.15. The molecule has 0 amide bonds. The highest BCUT2D eigenvalue weighted by atomic mass is 35.5. The van der Waals surface area contributed by atoms with E-state index in [9.17, 15) is 0 Å². The third-order valence-electron chi connectivity index (χ3n) is 2.82. The van der Waals surface area contributed by atoms with Crippen molar-refractivity contribution in [2.24, 2.45) is 0 Å². The first-order chi connectivity index (χ1) is 9.08. The zero-order valence-corrected chi connectivity index (χ0v) is 12.1. The van der Waals surface area contributed by atoms with Gasteiger partial charge in [-0.05, 0) is 12.6 Å². The number of hydrogen-bond acceptors (Lipinski definition) is 3. The first-order valence-corrected chi connectivity index (χ1v) is 6.64. The van der Waals surface area contributed by atoms with Crippen molar-refractivity contribution in [3.05, 3.63) is 57.7 Å². The first-order valence-electron chi connectivity index (χ1n) is 5.88. The van der Waals surface area contributed by atoms with Gasteiger partial charge in [0.2, 0.25) is 0 Å². The molecule has 0 atom stereocenters. The topological polar surface area (TPSA) is 42.2 Å². The van der Waals surface area contributed by atoms with Crippen LogP contribution >= 0.6 is 23.2 Å². The standard InChI is InChI=1S/C14H15Cl2N3/c1-19(8-10-5-3-2-4-6-10)9-11-12(15)7-18-14(17)13(11)16/h2-7H,8-9H2,1H3,(H2,17,18). The Morgan fingerprint density at radius 2 is 1.84 bits per heavy atom. The molecule has 0 spiro atoms. The van der Waals surface area contributed by atoms with Crippen LogP contribution in [0.1, 0.15) is 11.1 Å². The summed E-state index contributed by atoms with van der Waals surface area (Å²) in [7, 11) is 2.01. The number of nitrogens with two attached hydrogens (primary N) is 1. The average Bonchev–Trinajstić information content (AvgIpc) is 2.40. The van der Waals surface area contributed by atoms with Crippen LogP contribution in [0.5, 0.6) is 0 Å². The van der Waals surface area contributed by atoms with Gasteiger partial charge in [0.15, 0.2) is 0 Å². The summed E-state index contributed by atoms with van der Waals surface area (Å²) in [4.78, 5) is 6.05. The SMILES string of the molecule is CN(Cc1ccccc1)Cc1c(Cl)cnc(N)c1Cl. The van der Waals surface area contributed by atoms with Crippen LogP contribution in [-0.2, 0) is 13.1 Å². The molecular weight excluding hydrogens is 281 g/mol. The Morgan fingerprint density at radius 3 is 2.53 bits per heavy atom. The Balaban J connectivity index is 2.11. The van der Waals surface area contributed by atoms with Crippen LogP contribution in [0, 0.1) is 0 Å². The largest absolute Gasteiger partial charge is 0.382 e. The van der Waals surface area contributed by atoms with E-state index in [1.165, 1.54) is 11.8 Å². The van der Waals surface area contributed by atoms with Gasteiger partial charge in [-0.25, -0.2) is 4.98 Å². The van der Waals surface area contributed by atoms with Crippen molar-refractivity contribution in [3.63, 3.8) is 0 Å². The van der Waals surface area contributed by atoms with Gasteiger partial charge < -0.3 is 5.73 Å². The summed E-state index contributed by atoms with van der Waals surface area (Å²) in [6.45, 7) is 1.44. The van der Waals surface area contributed by atoms with E-state index in [4.69, 9.17) is 28.9 Å². The van der Waals surface area contributed by atoms with Crippen LogP contribution in [-0.4, -0.2) is 16.9 Å². The lowest BCUT2D eigenvalue weighted by Crippen LogP contribution is -2.18. The summed E-state index contributed by atoms with van der Waals surface area (Å²) in [5, 5.41) is 0.978. The molecule has 2 rings (SSSR count). The van der Waals surface area contributed by atoms with Crippen LogP contribution in [0.3, 0.4) is 0 Å². The summed E-state index contributed by atoms with van der Waals surface area (Å²) in [5.41, 5.74) is 7.75. The molecule has 1 aromatic carbocycles. The highest BCUT2D eigenvalue weighted by molar-refractivity contribution is 6.37. The zero-order chi connectivity index (χ0) is 13.8. The molecule has 3 nitrogen and oxygen atoms in total. The fourth-order valence-electron chi connectivity index (χ4n) is 1.89. The van der Waals surface area contributed by atoms with Crippen LogP contribution < -0.4 is 5.73 Å². The third kappa shape index (κ3) is 3.60. The molecule has 1 aromatic heterocycles. The van der Waals surface area contributed by atoms with Gasteiger partial charge in [0.05, 0.1) is 10.0 Å². The van der Waals surface area contributed by atoms with Crippen molar-refractivity contribution >= 4 is 29.0 Å². The van der Waals surface area contributed by atoms with E-state index in [0.717, 1.165) is 12.1 Å². The summed E-state index contributed by atoms with van der Waals surface area (Å²) in [6, 6.07) is 10.2. The highest BCUT2D eigenvalue weighted by Crippen LogP contribution is 2.29. The molecule has 2 aromatic rings. The van der Waals surface area contributed by atoms with Crippen molar-refractivity contribution in [2.75, 3.05) is 12.8 Å². The quantitative estimate of drug-likeness (QED) is 0.937. The molecule has 0 saturated heterocycles. The fraction of sp³-hybridized carbons (Fsp3) is 0.214. The smallest absolute Gasteiger partial charge is 0.142 e. The normalized spacial score (nSPS) is 10.9. The van der Waals surface area contributed by atoms with Crippen molar-refractivity contribution in [3.8, 4) is 0 Å². The lowest BCUT2D eigenvalue weighted by molar-refractivity contribution is 0.319. The highest BCUT2D eigenvalue weighted by Gasteiger charge is 2.12. The van der Waals surface area contributed by atoms with Crippen LogP contribution in [0.15, 0.2) is 36.5 Å². The molecule has 0 aliphatic rings. The van der Waals surface area contributed by atoms with Gasteiger partial charge in [0.25, 0.3) is 0 Å². The number of nitrogen functional groups attached to an aromatic ring is 1. The predicted octanol–water partition coefficient (Wildman–Crippen LogP) is 3.60. The molecule has 0 aliphatic carbocycles. The van der Waals surface area contributed by atoms with E-state index in [2.05, 4.69) is 22.0 Å². The van der Waals surface area contributed by atoms with Crippen LogP contribution in [0.2, 0.25) is 10.0 Å². The lowest BCUT2D eigenvalue weighted by Gasteiger charge is -2.18. The molecule has 5 heteroatoms. The number of nitrogens with zero attached hydrogens (tertiary/aromatic N) is 2. The second-order valence-electron chi connectivity index (χ2n) is 4.44. The van der Waals surface area contributed by atoms with Crippen LogP contribution in [0.4, 0.5) is 5.82 Å². The maximum Gasteiger partial charge on any atom is 0.142 e. The maximum absolute atomic E-state index is 6.15. The van der Waals surface area contributed by atoms with Gasteiger partial charge in [-0.15, -0.1) is 0 Å². The molecule has 0 unspecified atom stereocenters. The molecule has 100 valence electrons. The number of halogens is 2. The van der Waals surface area contributed by atoms with Crippen molar-refractivity contribution in [1.82, 2.24) is 9.88 Å². The third-order valence-corrected chi connectivity index (χ3v) is 3.57. The second kappa shape index (κ2) is 6.24. The minimum absolute atomic E-state index is 0.314. The number of rotatable bonds is 4. The van der Waals surface area contributed by atoms with Gasteiger partial charge in [-0.3, -0.25) is 4.90 Å². The van der Waals surface area contributed by atoms with E-state index >= 15 is 0 Å². The predicted molar refractivity (Wildman–Crippen MR) is 80.3 cm³/mol. The Morgan fingerprint density at radius 1 is 1.16 bits per heavy atom. The minimum Gasteiger partial charge on any atom is -0.382 e. The van der Waals surface area contributed by atoms with E-state index in [-0.39, 0.29) is 0 Å². The zero-order valence-electron chi connectivity index (χ0n) is 10.6. The van der Waals surface area contributed by atoms with Crippen LogP contribution in [0.25, 0.3) is 0 Å². The molecule has 1 heterocycles. The van der Waals surface area contributed by atoms with E-state index in [0.29, 0.717) is 22.4 Å². The molecular formula is C14H15Cl2N3. The molecule has 0 radical (unpaired) electrons. The van der Waals surface area contributed by atoms with Gasteiger partial charge in [-0.1, -0.05) is 53.5 Å². The number of benzene rings is 1. The van der Waals surface area contributed by atoms with Crippen molar-refractivity contribution < 1.29 is 0 Å². The van der Waals surface area contributed by atoms with Gasteiger partial charge in [0, 0.05) is 24.8 Å². The number of pyridine rings is 1. The first kappa shape index (κ1) is 14.1. The molecule has 2 N–H and O–H groups in total. The number of hydrogen-bond donors (Lipinski definition) is 1.